The Kier molecular flexibility index (Phi) is 4.36. The molecule has 21 heavy (non-hydrogen) atoms. The zero-order valence-electron chi connectivity index (χ0n) is 11.8. The lowest BCUT2D eigenvalue weighted by Crippen LogP contribution is -2.36. The van der Waals surface area contributed by atoms with Gasteiger partial charge in [0.1, 0.15) is 17.5 Å². The molecule has 0 saturated carbocycles. The fourth-order valence-electron chi connectivity index (χ4n) is 2.28. The molecule has 5 nitrogen and oxygen atoms in total. The number of morpholine rings is 1. The Morgan fingerprint density at radius 3 is 2.76 bits per heavy atom. The van der Waals surface area contributed by atoms with Crippen molar-refractivity contribution < 1.29 is 4.74 Å². The van der Waals surface area contributed by atoms with Gasteiger partial charge in [-0.1, -0.05) is 22.0 Å². The predicted octanol–water partition coefficient (Wildman–Crippen LogP) is 3.13. The molecule has 2 aromatic rings. The lowest BCUT2D eigenvalue weighted by Gasteiger charge is -2.28. The summed E-state index contributed by atoms with van der Waals surface area (Å²) in [6, 6.07) is 10.0. The maximum Gasteiger partial charge on any atom is 0.136 e. The molecule has 0 spiro atoms. The molecule has 2 heterocycles. The number of aryl methyl sites for hydroxylation is 1. The summed E-state index contributed by atoms with van der Waals surface area (Å²) in [6.07, 6.45) is 0. The molecule has 3 rings (SSSR count). The van der Waals surface area contributed by atoms with Gasteiger partial charge in [0, 0.05) is 29.3 Å². The number of halogens is 1. The normalized spacial score (nSPS) is 15.0. The van der Waals surface area contributed by atoms with Gasteiger partial charge < -0.3 is 15.0 Å². The third-order valence-corrected chi connectivity index (χ3v) is 3.75. The number of anilines is 3. The van der Waals surface area contributed by atoms with Gasteiger partial charge in [-0.3, -0.25) is 0 Å². The molecule has 0 unspecified atom stereocenters. The largest absolute Gasteiger partial charge is 0.378 e. The molecule has 1 fully saturated rings. The maximum atomic E-state index is 5.38. The van der Waals surface area contributed by atoms with Crippen LogP contribution in [0.3, 0.4) is 0 Å². The second-order valence-corrected chi connectivity index (χ2v) is 5.81. The summed E-state index contributed by atoms with van der Waals surface area (Å²) in [6.45, 7) is 5.14. The van der Waals surface area contributed by atoms with Crippen molar-refractivity contribution in [2.24, 2.45) is 0 Å². The number of ether oxygens (including phenoxy) is 1. The van der Waals surface area contributed by atoms with Gasteiger partial charge in [0.2, 0.25) is 0 Å². The Bertz CT molecular complexity index is 629. The number of aromatic nitrogens is 2. The summed E-state index contributed by atoms with van der Waals surface area (Å²) < 4.78 is 6.42. The van der Waals surface area contributed by atoms with Gasteiger partial charge >= 0.3 is 0 Å². The van der Waals surface area contributed by atoms with E-state index in [4.69, 9.17) is 4.74 Å². The minimum Gasteiger partial charge on any atom is -0.378 e. The third-order valence-electron chi connectivity index (χ3n) is 3.26. The van der Waals surface area contributed by atoms with Crippen LogP contribution in [0.2, 0.25) is 0 Å². The second kappa shape index (κ2) is 6.41. The predicted molar refractivity (Wildman–Crippen MR) is 87.2 cm³/mol. The minimum atomic E-state index is 0.747. The summed E-state index contributed by atoms with van der Waals surface area (Å²) in [5.74, 6) is 2.52. The first-order valence-electron chi connectivity index (χ1n) is 6.92. The van der Waals surface area contributed by atoms with Gasteiger partial charge in [0.25, 0.3) is 0 Å². The van der Waals surface area contributed by atoms with Crippen LogP contribution in [0.5, 0.6) is 0 Å². The van der Waals surface area contributed by atoms with E-state index in [9.17, 15) is 0 Å². The Hall–Kier alpha value is -1.66. The van der Waals surface area contributed by atoms with Crippen molar-refractivity contribution in [3.8, 4) is 0 Å². The Labute approximate surface area is 132 Å². The highest BCUT2D eigenvalue weighted by molar-refractivity contribution is 9.10. The van der Waals surface area contributed by atoms with Crippen LogP contribution in [0.4, 0.5) is 17.3 Å². The van der Waals surface area contributed by atoms with E-state index in [1.54, 1.807) is 0 Å². The zero-order chi connectivity index (χ0) is 14.7. The van der Waals surface area contributed by atoms with Crippen LogP contribution in [0.25, 0.3) is 0 Å². The molecule has 1 saturated heterocycles. The summed E-state index contributed by atoms with van der Waals surface area (Å²) >= 11 is 3.47. The molecule has 1 aliphatic rings. The first-order valence-corrected chi connectivity index (χ1v) is 7.71. The van der Waals surface area contributed by atoms with Gasteiger partial charge in [-0.05, 0) is 25.1 Å². The van der Waals surface area contributed by atoms with E-state index in [0.29, 0.717) is 0 Å². The SMILES string of the molecule is Cc1nc(Nc2cccc(Br)c2)cc(N2CCOCC2)n1. The Morgan fingerprint density at radius 2 is 2.00 bits per heavy atom. The molecule has 0 atom stereocenters. The second-order valence-electron chi connectivity index (χ2n) is 4.89. The van der Waals surface area contributed by atoms with E-state index in [1.807, 2.05) is 37.3 Å². The Morgan fingerprint density at radius 1 is 1.19 bits per heavy atom. The molecule has 0 aliphatic carbocycles. The molecule has 1 aliphatic heterocycles. The molecule has 0 bridgehead atoms. The average Bonchev–Trinajstić information content (AvgIpc) is 2.47. The van der Waals surface area contributed by atoms with Crippen LogP contribution in [0.1, 0.15) is 5.82 Å². The van der Waals surface area contributed by atoms with Gasteiger partial charge in [0.15, 0.2) is 0 Å². The van der Waals surface area contributed by atoms with Crippen molar-refractivity contribution >= 4 is 33.3 Å². The third kappa shape index (κ3) is 3.71. The van der Waals surface area contributed by atoms with Gasteiger partial charge in [-0.15, -0.1) is 0 Å². The number of hydrogen-bond acceptors (Lipinski definition) is 5. The van der Waals surface area contributed by atoms with Crippen LogP contribution >= 0.6 is 15.9 Å². The zero-order valence-corrected chi connectivity index (χ0v) is 13.4. The van der Waals surface area contributed by atoms with Crippen LogP contribution in [0.15, 0.2) is 34.8 Å². The molecule has 1 N–H and O–H groups in total. The molecular weight excluding hydrogens is 332 g/mol. The van der Waals surface area contributed by atoms with E-state index in [1.165, 1.54) is 0 Å². The molecule has 110 valence electrons. The average molecular weight is 349 g/mol. The smallest absolute Gasteiger partial charge is 0.136 e. The molecule has 6 heteroatoms. The summed E-state index contributed by atoms with van der Waals surface area (Å²) in [7, 11) is 0. The van der Waals surface area contributed by atoms with E-state index in [2.05, 4.69) is 36.1 Å². The van der Waals surface area contributed by atoms with E-state index in [0.717, 1.165) is 53.9 Å². The fourth-order valence-corrected chi connectivity index (χ4v) is 2.68. The first-order chi connectivity index (χ1) is 10.2. The van der Waals surface area contributed by atoms with Crippen molar-refractivity contribution in [1.29, 1.82) is 0 Å². The number of benzene rings is 1. The highest BCUT2D eigenvalue weighted by atomic mass is 79.9. The van der Waals surface area contributed by atoms with E-state index >= 15 is 0 Å². The van der Waals surface area contributed by atoms with Crippen LogP contribution in [-0.4, -0.2) is 36.3 Å². The van der Waals surface area contributed by atoms with E-state index in [-0.39, 0.29) is 0 Å². The van der Waals surface area contributed by atoms with Crippen molar-refractivity contribution in [3.63, 3.8) is 0 Å². The van der Waals surface area contributed by atoms with Gasteiger partial charge in [-0.25, -0.2) is 9.97 Å². The molecule has 0 amide bonds. The topological polar surface area (TPSA) is 50.3 Å². The first kappa shape index (κ1) is 14.3. The summed E-state index contributed by atoms with van der Waals surface area (Å²) in [4.78, 5) is 11.2. The molecular formula is C15H17BrN4O. The van der Waals surface area contributed by atoms with Crippen LogP contribution in [0, 0.1) is 6.92 Å². The lowest BCUT2D eigenvalue weighted by atomic mass is 10.3. The van der Waals surface area contributed by atoms with Crippen LogP contribution < -0.4 is 10.2 Å². The highest BCUT2D eigenvalue weighted by Gasteiger charge is 2.14. The summed E-state index contributed by atoms with van der Waals surface area (Å²) in [5.41, 5.74) is 0.996. The van der Waals surface area contributed by atoms with E-state index < -0.39 is 0 Å². The molecule has 1 aromatic heterocycles. The highest BCUT2D eigenvalue weighted by Crippen LogP contribution is 2.22. The number of nitrogens with zero attached hydrogens (tertiary/aromatic N) is 3. The Balaban J connectivity index is 1.83. The quantitative estimate of drug-likeness (QED) is 0.923. The van der Waals surface area contributed by atoms with Gasteiger partial charge in [-0.2, -0.15) is 0 Å². The van der Waals surface area contributed by atoms with Gasteiger partial charge in [0.05, 0.1) is 13.2 Å². The fraction of sp³-hybridized carbons (Fsp3) is 0.333. The van der Waals surface area contributed by atoms with Crippen molar-refractivity contribution in [2.45, 2.75) is 6.92 Å². The monoisotopic (exact) mass is 348 g/mol. The standard InChI is InChI=1S/C15H17BrN4O/c1-11-17-14(19-13-4-2-3-12(16)9-13)10-15(18-11)20-5-7-21-8-6-20/h2-4,9-10H,5-8H2,1H3,(H,17,18,19). The number of nitrogens with one attached hydrogen (secondary N) is 1. The maximum absolute atomic E-state index is 5.38. The summed E-state index contributed by atoms with van der Waals surface area (Å²) in [5, 5.41) is 3.33. The lowest BCUT2D eigenvalue weighted by molar-refractivity contribution is 0.122. The van der Waals surface area contributed by atoms with Crippen molar-refractivity contribution in [3.05, 3.63) is 40.6 Å². The minimum absolute atomic E-state index is 0.747. The number of rotatable bonds is 3. The van der Waals surface area contributed by atoms with Crippen LogP contribution in [-0.2, 0) is 4.74 Å². The molecule has 0 radical (unpaired) electrons. The number of hydrogen-bond donors (Lipinski definition) is 1. The van der Waals surface area contributed by atoms with Crippen molar-refractivity contribution in [2.75, 3.05) is 36.5 Å². The molecule has 1 aromatic carbocycles. The van der Waals surface area contributed by atoms with Crippen molar-refractivity contribution in [1.82, 2.24) is 9.97 Å².